The lowest BCUT2D eigenvalue weighted by Crippen LogP contribution is -2.07. The van der Waals surface area contributed by atoms with Crippen molar-refractivity contribution in [3.05, 3.63) is 20.8 Å². The lowest BCUT2D eigenvalue weighted by atomic mass is 9.95. The second kappa shape index (κ2) is 3.39. The van der Waals surface area contributed by atoms with E-state index in [4.69, 9.17) is 11.6 Å². The van der Waals surface area contributed by atoms with Crippen LogP contribution >= 0.6 is 22.9 Å². The van der Waals surface area contributed by atoms with Gasteiger partial charge in [-0.3, -0.25) is 0 Å². The number of halogens is 1. The predicted octanol–water partition coefficient (Wildman–Crippen LogP) is 4.26. The van der Waals surface area contributed by atoms with E-state index in [0.717, 1.165) is 11.4 Å². The minimum absolute atomic E-state index is 0.238. The number of hydrogen-bond acceptors (Lipinski definition) is 1. The normalized spacial score (nSPS) is 12.1. The Bertz CT molecular complexity index is 268. The fourth-order valence-corrected chi connectivity index (χ4v) is 2.49. The lowest BCUT2D eigenvalue weighted by Gasteiger charge is -2.15. The highest BCUT2D eigenvalue weighted by Gasteiger charge is 2.17. The lowest BCUT2D eigenvalue weighted by molar-refractivity contribution is 0.604. The minimum atomic E-state index is 0.238. The zero-order valence-corrected chi connectivity index (χ0v) is 9.64. The molecule has 0 saturated carbocycles. The third kappa shape index (κ3) is 2.02. The molecule has 1 rings (SSSR count). The van der Waals surface area contributed by atoms with Gasteiger partial charge in [0, 0.05) is 9.75 Å². The monoisotopic (exact) mass is 202 g/mol. The van der Waals surface area contributed by atoms with Crippen LogP contribution in [0.15, 0.2) is 6.07 Å². The molecule has 12 heavy (non-hydrogen) atoms. The Balaban J connectivity index is 3.05. The van der Waals surface area contributed by atoms with E-state index in [2.05, 4.69) is 33.8 Å². The van der Waals surface area contributed by atoms with E-state index in [1.807, 2.05) is 11.3 Å². The maximum Gasteiger partial charge on any atom is 0.0547 e. The van der Waals surface area contributed by atoms with Gasteiger partial charge in [0.2, 0.25) is 0 Å². The quantitative estimate of drug-likeness (QED) is 0.639. The Hall–Kier alpha value is -0.0100. The summed E-state index contributed by atoms with van der Waals surface area (Å²) in [6, 6.07) is 2.10. The Morgan fingerprint density at radius 1 is 1.42 bits per heavy atom. The first-order valence-corrected chi connectivity index (χ1v) is 5.43. The summed E-state index contributed by atoms with van der Waals surface area (Å²) in [6.07, 6.45) is 1.04. The molecule has 68 valence electrons. The summed E-state index contributed by atoms with van der Waals surface area (Å²) in [7, 11) is 0. The fourth-order valence-electron chi connectivity index (χ4n) is 1.02. The van der Waals surface area contributed by atoms with Crippen LogP contribution in [0.25, 0.3) is 0 Å². The summed E-state index contributed by atoms with van der Waals surface area (Å²) in [5, 5.41) is 0.937. The van der Waals surface area contributed by atoms with Crippen molar-refractivity contribution in [3.8, 4) is 0 Å². The van der Waals surface area contributed by atoms with Crippen LogP contribution in [0.5, 0.6) is 0 Å². The Kier molecular flexibility index (Phi) is 2.84. The number of thiophene rings is 1. The SMILES string of the molecule is CCc1sc(C(C)(C)C)cc1Cl. The molecule has 0 N–H and O–H groups in total. The van der Waals surface area contributed by atoms with Crippen molar-refractivity contribution in [1.29, 1.82) is 0 Å². The first-order chi connectivity index (χ1) is 5.45. The first-order valence-electron chi connectivity index (χ1n) is 4.24. The van der Waals surface area contributed by atoms with E-state index in [9.17, 15) is 0 Å². The average molecular weight is 203 g/mol. The maximum atomic E-state index is 6.06. The molecule has 0 amide bonds. The highest BCUT2D eigenvalue weighted by Crippen LogP contribution is 2.35. The Morgan fingerprint density at radius 3 is 2.25 bits per heavy atom. The first kappa shape index (κ1) is 10.1. The number of hydrogen-bond donors (Lipinski definition) is 0. The van der Waals surface area contributed by atoms with Crippen LogP contribution in [0.2, 0.25) is 5.02 Å². The van der Waals surface area contributed by atoms with Crippen LogP contribution in [-0.4, -0.2) is 0 Å². The molecule has 1 aromatic rings. The van der Waals surface area contributed by atoms with Crippen molar-refractivity contribution in [2.75, 3.05) is 0 Å². The van der Waals surface area contributed by atoms with Gasteiger partial charge in [0.25, 0.3) is 0 Å². The van der Waals surface area contributed by atoms with Gasteiger partial charge < -0.3 is 0 Å². The second-order valence-corrected chi connectivity index (χ2v) is 5.53. The van der Waals surface area contributed by atoms with Crippen molar-refractivity contribution in [1.82, 2.24) is 0 Å². The largest absolute Gasteiger partial charge is 0.143 e. The van der Waals surface area contributed by atoms with Crippen LogP contribution < -0.4 is 0 Å². The predicted molar refractivity (Wildman–Crippen MR) is 57.4 cm³/mol. The molecule has 0 radical (unpaired) electrons. The van der Waals surface area contributed by atoms with E-state index >= 15 is 0 Å². The molecule has 1 aromatic heterocycles. The second-order valence-electron chi connectivity index (χ2n) is 3.99. The molecule has 0 bridgehead atoms. The van der Waals surface area contributed by atoms with Gasteiger partial charge in [0.1, 0.15) is 0 Å². The topological polar surface area (TPSA) is 0 Å². The summed E-state index contributed by atoms with van der Waals surface area (Å²) >= 11 is 7.90. The molecule has 0 atom stereocenters. The van der Waals surface area contributed by atoms with Crippen LogP contribution in [0.3, 0.4) is 0 Å². The molecular weight excluding hydrogens is 188 g/mol. The van der Waals surface area contributed by atoms with Gasteiger partial charge >= 0.3 is 0 Å². The molecule has 0 unspecified atom stereocenters. The van der Waals surface area contributed by atoms with Gasteiger partial charge in [-0.25, -0.2) is 0 Å². The highest BCUT2D eigenvalue weighted by molar-refractivity contribution is 7.12. The van der Waals surface area contributed by atoms with Crippen LogP contribution in [0, 0.1) is 0 Å². The van der Waals surface area contributed by atoms with Crippen LogP contribution in [-0.2, 0) is 11.8 Å². The molecule has 0 aliphatic rings. The van der Waals surface area contributed by atoms with Gasteiger partial charge in [-0.05, 0) is 17.9 Å². The molecule has 0 aromatic carbocycles. The Morgan fingerprint density at radius 2 is 2.00 bits per heavy atom. The van der Waals surface area contributed by atoms with Crippen molar-refractivity contribution < 1.29 is 0 Å². The summed E-state index contributed by atoms with van der Waals surface area (Å²) in [4.78, 5) is 2.69. The van der Waals surface area contributed by atoms with Crippen molar-refractivity contribution in [2.24, 2.45) is 0 Å². The molecule has 0 nitrogen and oxygen atoms in total. The summed E-state index contributed by atoms with van der Waals surface area (Å²) < 4.78 is 0. The van der Waals surface area contributed by atoms with Gasteiger partial charge in [0.15, 0.2) is 0 Å². The molecule has 0 aliphatic carbocycles. The molecule has 0 saturated heterocycles. The minimum Gasteiger partial charge on any atom is -0.143 e. The number of rotatable bonds is 1. The van der Waals surface area contributed by atoms with Gasteiger partial charge in [-0.15, -0.1) is 11.3 Å². The highest BCUT2D eigenvalue weighted by atomic mass is 35.5. The maximum absolute atomic E-state index is 6.06. The molecule has 0 fully saturated rings. The molecule has 2 heteroatoms. The van der Waals surface area contributed by atoms with Crippen LogP contribution in [0.4, 0.5) is 0 Å². The van der Waals surface area contributed by atoms with Gasteiger partial charge in [-0.2, -0.15) is 0 Å². The summed E-state index contributed by atoms with van der Waals surface area (Å²) in [6.45, 7) is 8.79. The van der Waals surface area contributed by atoms with Crippen molar-refractivity contribution in [3.63, 3.8) is 0 Å². The average Bonchev–Trinajstić information content (AvgIpc) is 2.29. The zero-order chi connectivity index (χ0) is 9.35. The molecule has 0 aliphatic heterocycles. The Labute approximate surface area is 83.6 Å². The van der Waals surface area contributed by atoms with E-state index < -0.39 is 0 Å². The molecular formula is C10H15ClS. The molecule has 1 heterocycles. The van der Waals surface area contributed by atoms with Gasteiger partial charge in [-0.1, -0.05) is 39.3 Å². The van der Waals surface area contributed by atoms with E-state index in [1.165, 1.54) is 9.75 Å². The summed E-state index contributed by atoms with van der Waals surface area (Å²) in [5.41, 5.74) is 0.238. The number of aryl methyl sites for hydroxylation is 1. The summed E-state index contributed by atoms with van der Waals surface area (Å²) in [5.74, 6) is 0. The fraction of sp³-hybridized carbons (Fsp3) is 0.600. The third-order valence-electron chi connectivity index (χ3n) is 1.82. The van der Waals surface area contributed by atoms with Crippen molar-refractivity contribution >= 4 is 22.9 Å². The molecule has 0 spiro atoms. The third-order valence-corrected chi connectivity index (χ3v) is 3.97. The van der Waals surface area contributed by atoms with Crippen molar-refractivity contribution in [2.45, 2.75) is 39.5 Å². The van der Waals surface area contributed by atoms with E-state index in [1.54, 1.807) is 0 Å². The zero-order valence-electron chi connectivity index (χ0n) is 8.07. The van der Waals surface area contributed by atoms with E-state index in [-0.39, 0.29) is 5.41 Å². The standard InChI is InChI=1S/C10H15ClS/c1-5-8-7(11)6-9(12-8)10(2,3)4/h6H,5H2,1-4H3. The van der Waals surface area contributed by atoms with E-state index in [0.29, 0.717) is 0 Å². The van der Waals surface area contributed by atoms with Crippen LogP contribution in [0.1, 0.15) is 37.4 Å². The smallest absolute Gasteiger partial charge is 0.0547 e. The van der Waals surface area contributed by atoms with Gasteiger partial charge in [0.05, 0.1) is 5.02 Å².